The summed E-state index contributed by atoms with van der Waals surface area (Å²) in [6.45, 7) is 1.76. The molecule has 150 valence electrons. The number of hydrogen-bond donors (Lipinski definition) is 2. The van der Waals surface area contributed by atoms with Gasteiger partial charge in [0.2, 0.25) is 0 Å². The number of carbonyl (C=O) groups excluding carboxylic acids is 3. The molecule has 2 atom stereocenters. The first-order valence-corrected chi connectivity index (χ1v) is 10.8. The van der Waals surface area contributed by atoms with Gasteiger partial charge in [-0.1, -0.05) is 19.8 Å². The number of esters is 1. The first-order chi connectivity index (χ1) is 13.0. The highest BCUT2D eigenvalue weighted by atomic mass is 16.5. The maximum Gasteiger partial charge on any atom is 0.321 e. The molecule has 3 amide bonds. The van der Waals surface area contributed by atoms with Gasteiger partial charge in [0.1, 0.15) is 0 Å². The van der Waals surface area contributed by atoms with Crippen LogP contribution in [0.3, 0.4) is 0 Å². The molecule has 6 heteroatoms. The van der Waals surface area contributed by atoms with Crippen LogP contribution in [0.5, 0.6) is 0 Å². The number of ether oxygens (including phenoxy) is 1. The minimum atomic E-state index is -0.548. The van der Waals surface area contributed by atoms with E-state index >= 15 is 0 Å². The summed E-state index contributed by atoms with van der Waals surface area (Å²) in [7, 11) is 0. The highest BCUT2D eigenvalue weighted by Crippen LogP contribution is 2.56. The molecule has 2 N–H and O–H groups in total. The first-order valence-electron chi connectivity index (χ1n) is 10.8. The number of imide groups is 1. The van der Waals surface area contributed by atoms with E-state index in [0.717, 1.165) is 56.8 Å². The van der Waals surface area contributed by atoms with Crippen LogP contribution in [-0.4, -0.2) is 30.6 Å². The second-order valence-corrected chi connectivity index (χ2v) is 9.45. The predicted octanol–water partition coefficient (Wildman–Crippen LogP) is 3.01. The molecular formula is C21H32N2O4. The Morgan fingerprint density at radius 3 is 2.19 bits per heavy atom. The van der Waals surface area contributed by atoms with Gasteiger partial charge in [-0.05, 0) is 74.5 Å². The number of amides is 3. The van der Waals surface area contributed by atoms with E-state index < -0.39 is 11.9 Å². The Morgan fingerprint density at radius 2 is 1.56 bits per heavy atom. The molecule has 0 saturated heterocycles. The minimum absolute atomic E-state index is 0.0393. The van der Waals surface area contributed by atoms with Gasteiger partial charge in [-0.15, -0.1) is 0 Å². The molecule has 5 aliphatic carbocycles. The molecule has 4 bridgehead atoms. The van der Waals surface area contributed by atoms with Crippen molar-refractivity contribution in [1.82, 2.24) is 10.6 Å². The van der Waals surface area contributed by atoms with Gasteiger partial charge in [0.25, 0.3) is 5.91 Å². The zero-order chi connectivity index (χ0) is 19.0. The van der Waals surface area contributed by atoms with E-state index in [9.17, 15) is 14.4 Å². The van der Waals surface area contributed by atoms with Crippen LogP contribution in [0.1, 0.15) is 64.7 Å². The summed E-state index contributed by atoms with van der Waals surface area (Å²) in [4.78, 5) is 36.6. The van der Waals surface area contributed by atoms with Crippen LogP contribution in [0.2, 0.25) is 0 Å². The van der Waals surface area contributed by atoms with Gasteiger partial charge in [-0.2, -0.15) is 0 Å². The maximum absolute atomic E-state index is 12.6. The number of carbonyl (C=O) groups is 3. The lowest BCUT2D eigenvalue weighted by Crippen LogP contribution is -2.50. The van der Waals surface area contributed by atoms with E-state index in [1.54, 1.807) is 0 Å². The summed E-state index contributed by atoms with van der Waals surface area (Å²) in [6.07, 6.45) is 10.2. The first kappa shape index (κ1) is 18.8. The second kappa shape index (κ2) is 7.80. The molecule has 0 spiro atoms. The lowest BCUT2D eigenvalue weighted by molar-refractivity contribution is -0.164. The van der Waals surface area contributed by atoms with E-state index in [1.165, 1.54) is 12.8 Å². The van der Waals surface area contributed by atoms with Crippen molar-refractivity contribution in [2.75, 3.05) is 6.61 Å². The van der Waals surface area contributed by atoms with Crippen molar-refractivity contribution in [3.05, 3.63) is 0 Å². The molecule has 0 aromatic rings. The van der Waals surface area contributed by atoms with Crippen LogP contribution >= 0.6 is 0 Å². The topological polar surface area (TPSA) is 84.5 Å². The van der Waals surface area contributed by atoms with E-state index in [-0.39, 0.29) is 24.5 Å². The molecule has 5 fully saturated rings. The zero-order valence-corrected chi connectivity index (χ0v) is 16.2. The molecule has 27 heavy (non-hydrogen) atoms. The number of hydrogen-bond acceptors (Lipinski definition) is 4. The molecule has 0 radical (unpaired) electrons. The molecule has 5 aliphatic rings. The van der Waals surface area contributed by atoms with Gasteiger partial charge >= 0.3 is 12.0 Å². The van der Waals surface area contributed by atoms with Gasteiger partial charge in [0.05, 0.1) is 5.92 Å². The molecule has 0 aliphatic heterocycles. The SMILES string of the molecule is C[C@@H]1CCCC[C@@H]1NC(=O)NC(=O)COC(=O)C1C2CC3CC(C2)CC1C3. The van der Waals surface area contributed by atoms with Crippen molar-refractivity contribution in [2.24, 2.45) is 35.5 Å². The van der Waals surface area contributed by atoms with Crippen LogP contribution in [0, 0.1) is 35.5 Å². The third-order valence-corrected chi connectivity index (χ3v) is 7.53. The number of nitrogens with one attached hydrogen (secondary N) is 2. The van der Waals surface area contributed by atoms with Gasteiger partial charge in [-0.3, -0.25) is 14.9 Å². The fraction of sp³-hybridized carbons (Fsp3) is 0.857. The number of rotatable bonds is 4. The molecule has 0 aromatic heterocycles. The third kappa shape index (κ3) is 4.14. The Kier molecular flexibility index (Phi) is 5.42. The van der Waals surface area contributed by atoms with Gasteiger partial charge in [-0.25, -0.2) is 4.79 Å². The molecule has 6 nitrogen and oxygen atoms in total. The van der Waals surface area contributed by atoms with Crippen LogP contribution < -0.4 is 10.6 Å². The summed E-state index contributed by atoms with van der Waals surface area (Å²) in [5.41, 5.74) is 0. The van der Waals surface area contributed by atoms with Crippen LogP contribution in [0.25, 0.3) is 0 Å². The lowest BCUT2D eigenvalue weighted by atomic mass is 9.52. The number of urea groups is 1. The van der Waals surface area contributed by atoms with Gasteiger partial charge in [0.15, 0.2) is 6.61 Å². The Labute approximate surface area is 161 Å². The maximum atomic E-state index is 12.6. The van der Waals surface area contributed by atoms with Crippen molar-refractivity contribution in [3.8, 4) is 0 Å². The van der Waals surface area contributed by atoms with Crippen LogP contribution in [0.4, 0.5) is 4.79 Å². The quantitative estimate of drug-likeness (QED) is 0.739. The second-order valence-electron chi connectivity index (χ2n) is 9.45. The molecule has 0 heterocycles. The highest BCUT2D eigenvalue weighted by molar-refractivity contribution is 5.95. The smallest absolute Gasteiger partial charge is 0.321 e. The third-order valence-electron chi connectivity index (χ3n) is 7.53. The van der Waals surface area contributed by atoms with E-state index in [1.807, 2.05) is 0 Å². The van der Waals surface area contributed by atoms with Crippen LogP contribution in [-0.2, 0) is 14.3 Å². The molecular weight excluding hydrogens is 344 g/mol. The molecule has 0 aromatic carbocycles. The van der Waals surface area contributed by atoms with Gasteiger partial charge < -0.3 is 10.1 Å². The van der Waals surface area contributed by atoms with Crippen molar-refractivity contribution >= 4 is 17.9 Å². The Morgan fingerprint density at radius 1 is 0.926 bits per heavy atom. The summed E-state index contributed by atoms with van der Waals surface area (Å²) in [6, 6.07) is -0.369. The van der Waals surface area contributed by atoms with E-state index in [0.29, 0.717) is 17.8 Å². The zero-order valence-electron chi connectivity index (χ0n) is 16.2. The van der Waals surface area contributed by atoms with Crippen molar-refractivity contribution in [2.45, 2.75) is 70.8 Å². The monoisotopic (exact) mass is 376 g/mol. The van der Waals surface area contributed by atoms with Gasteiger partial charge in [0, 0.05) is 6.04 Å². The lowest BCUT2D eigenvalue weighted by Gasteiger charge is -2.53. The summed E-state index contributed by atoms with van der Waals surface area (Å²) in [5.74, 6) is 2.07. The summed E-state index contributed by atoms with van der Waals surface area (Å²) in [5, 5.41) is 5.19. The Hall–Kier alpha value is -1.59. The summed E-state index contributed by atoms with van der Waals surface area (Å²) < 4.78 is 5.31. The standard InChI is InChI=1S/C21H32N2O4/c1-12-4-2-3-5-17(12)22-21(26)23-18(24)11-27-20(25)19-15-7-13-6-14(9-15)10-16(19)8-13/h12-17,19H,2-11H2,1H3,(H2,22,23,24,26)/t12-,13?,14?,15?,16?,17+,19?/m1/s1. The predicted molar refractivity (Wildman–Crippen MR) is 99.6 cm³/mol. The Bertz CT molecular complexity index is 577. The van der Waals surface area contributed by atoms with E-state index in [2.05, 4.69) is 17.6 Å². The molecule has 5 saturated carbocycles. The van der Waals surface area contributed by atoms with Crippen molar-refractivity contribution in [3.63, 3.8) is 0 Å². The minimum Gasteiger partial charge on any atom is -0.455 e. The fourth-order valence-electron chi connectivity index (χ4n) is 6.44. The molecule has 5 rings (SSSR count). The normalized spacial score (nSPS) is 39.7. The van der Waals surface area contributed by atoms with Crippen molar-refractivity contribution in [1.29, 1.82) is 0 Å². The fourth-order valence-corrected chi connectivity index (χ4v) is 6.44. The average molecular weight is 376 g/mol. The average Bonchev–Trinajstić information content (AvgIpc) is 2.61. The van der Waals surface area contributed by atoms with Crippen LogP contribution in [0.15, 0.2) is 0 Å². The molecule has 0 unspecified atom stereocenters. The van der Waals surface area contributed by atoms with Crippen molar-refractivity contribution < 1.29 is 19.1 Å². The largest absolute Gasteiger partial charge is 0.455 e. The van der Waals surface area contributed by atoms with E-state index in [4.69, 9.17) is 4.74 Å². The Balaban J connectivity index is 1.21. The highest BCUT2D eigenvalue weighted by Gasteiger charge is 2.51. The summed E-state index contributed by atoms with van der Waals surface area (Å²) >= 11 is 0.